The number of rotatable bonds is 3. The van der Waals surface area contributed by atoms with Crippen molar-refractivity contribution in [1.29, 1.82) is 0 Å². The number of nitro benzene ring substituents is 1. The molecule has 0 aliphatic heterocycles. The van der Waals surface area contributed by atoms with E-state index in [1.807, 2.05) is 19.9 Å². The van der Waals surface area contributed by atoms with Crippen LogP contribution in [0.25, 0.3) is 0 Å². The first kappa shape index (κ1) is 13.0. The molecule has 0 N–H and O–H groups in total. The van der Waals surface area contributed by atoms with E-state index in [2.05, 4.69) is 0 Å². The molecule has 0 atom stereocenters. The number of nitrogens with zero attached hydrogens (tertiary/aromatic N) is 1. The van der Waals surface area contributed by atoms with Crippen molar-refractivity contribution in [1.82, 2.24) is 0 Å². The Kier molecular flexibility index (Phi) is 3.46. The summed E-state index contributed by atoms with van der Waals surface area (Å²) >= 11 is 0. The van der Waals surface area contributed by atoms with Crippen LogP contribution in [0.1, 0.15) is 11.1 Å². The van der Waals surface area contributed by atoms with Gasteiger partial charge in [-0.15, -0.1) is 0 Å². The minimum atomic E-state index is -0.911. The number of benzene rings is 2. The second-order valence-electron chi connectivity index (χ2n) is 4.19. The van der Waals surface area contributed by atoms with Crippen molar-refractivity contribution in [3.05, 3.63) is 63.5 Å². The van der Waals surface area contributed by atoms with Crippen LogP contribution in [0, 0.1) is 29.8 Å². The quantitative estimate of drug-likeness (QED) is 0.616. The van der Waals surface area contributed by atoms with Gasteiger partial charge in [0.15, 0.2) is 0 Å². The van der Waals surface area contributed by atoms with Gasteiger partial charge in [0.05, 0.1) is 4.92 Å². The van der Waals surface area contributed by atoms with Crippen LogP contribution in [-0.2, 0) is 0 Å². The second-order valence-corrected chi connectivity index (χ2v) is 4.19. The number of para-hydroxylation sites is 1. The van der Waals surface area contributed by atoms with Crippen LogP contribution in [0.4, 0.5) is 10.1 Å². The van der Waals surface area contributed by atoms with Crippen molar-refractivity contribution in [2.45, 2.75) is 13.8 Å². The summed E-state index contributed by atoms with van der Waals surface area (Å²) in [5.74, 6) is -0.573. The van der Waals surface area contributed by atoms with Gasteiger partial charge in [-0.3, -0.25) is 10.1 Å². The average molecular weight is 261 g/mol. The number of hydrogen-bond acceptors (Lipinski definition) is 3. The molecular weight excluding hydrogens is 249 g/mol. The Bertz CT molecular complexity index is 641. The summed E-state index contributed by atoms with van der Waals surface area (Å²) in [6.45, 7) is 3.85. The average Bonchev–Trinajstić information content (AvgIpc) is 2.33. The van der Waals surface area contributed by atoms with Crippen molar-refractivity contribution in [2.24, 2.45) is 0 Å². The molecule has 19 heavy (non-hydrogen) atoms. The van der Waals surface area contributed by atoms with Gasteiger partial charge < -0.3 is 4.74 Å². The lowest BCUT2D eigenvalue weighted by molar-refractivity contribution is -0.388. The molecular formula is C14H12FNO3. The standard InChI is InChI=1S/C14H12FNO3/c1-9-6-7-11(8-10(9)2)19-13-5-3-4-12(15)14(13)16(17)18/h3-8H,1-2H3. The molecule has 0 bridgehead atoms. The molecule has 0 radical (unpaired) electrons. The fourth-order valence-electron chi connectivity index (χ4n) is 1.66. The van der Waals surface area contributed by atoms with E-state index < -0.39 is 16.4 Å². The van der Waals surface area contributed by atoms with E-state index in [4.69, 9.17) is 4.74 Å². The molecule has 0 fully saturated rings. The van der Waals surface area contributed by atoms with Gasteiger partial charge >= 0.3 is 5.69 Å². The van der Waals surface area contributed by atoms with Crippen LogP contribution in [0.3, 0.4) is 0 Å². The summed E-state index contributed by atoms with van der Waals surface area (Å²) < 4.78 is 18.8. The van der Waals surface area contributed by atoms with E-state index in [0.717, 1.165) is 17.2 Å². The van der Waals surface area contributed by atoms with Crippen molar-refractivity contribution < 1.29 is 14.1 Å². The third-order valence-electron chi connectivity index (χ3n) is 2.84. The van der Waals surface area contributed by atoms with Gasteiger partial charge in [0.25, 0.3) is 0 Å². The molecule has 0 aliphatic rings. The first-order chi connectivity index (χ1) is 8.99. The lowest BCUT2D eigenvalue weighted by atomic mass is 10.1. The zero-order valence-corrected chi connectivity index (χ0v) is 10.5. The highest BCUT2D eigenvalue weighted by atomic mass is 19.1. The van der Waals surface area contributed by atoms with Crippen LogP contribution in [0.2, 0.25) is 0 Å². The first-order valence-electron chi connectivity index (χ1n) is 5.67. The van der Waals surface area contributed by atoms with E-state index in [0.29, 0.717) is 5.75 Å². The zero-order valence-electron chi connectivity index (χ0n) is 10.5. The highest BCUT2D eigenvalue weighted by Gasteiger charge is 2.21. The number of aryl methyl sites for hydroxylation is 2. The molecule has 2 rings (SSSR count). The van der Waals surface area contributed by atoms with Crippen LogP contribution < -0.4 is 4.74 Å². The van der Waals surface area contributed by atoms with Crippen LogP contribution in [0.15, 0.2) is 36.4 Å². The molecule has 0 heterocycles. The summed E-state index contributed by atoms with van der Waals surface area (Å²) in [6, 6.07) is 9.07. The summed E-state index contributed by atoms with van der Waals surface area (Å²) in [5.41, 5.74) is 1.43. The molecule has 0 aliphatic carbocycles. The minimum absolute atomic E-state index is 0.103. The molecule has 4 nitrogen and oxygen atoms in total. The maximum absolute atomic E-state index is 13.4. The third-order valence-corrected chi connectivity index (χ3v) is 2.84. The highest BCUT2D eigenvalue weighted by Crippen LogP contribution is 2.33. The number of halogens is 1. The number of nitro groups is 1. The van der Waals surface area contributed by atoms with E-state index in [9.17, 15) is 14.5 Å². The molecule has 0 unspecified atom stereocenters. The predicted molar refractivity (Wildman–Crippen MR) is 69.0 cm³/mol. The van der Waals surface area contributed by atoms with E-state index >= 15 is 0 Å². The molecule has 0 saturated heterocycles. The summed E-state index contributed by atoms with van der Waals surface area (Å²) in [7, 11) is 0. The lowest BCUT2D eigenvalue weighted by Crippen LogP contribution is -1.96. The highest BCUT2D eigenvalue weighted by molar-refractivity contribution is 5.49. The number of hydrogen-bond donors (Lipinski definition) is 0. The monoisotopic (exact) mass is 261 g/mol. The van der Waals surface area contributed by atoms with Crippen LogP contribution >= 0.6 is 0 Å². The van der Waals surface area contributed by atoms with Crippen molar-refractivity contribution in [3.8, 4) is 11.5 Å². The Hall–Kier alpha value is -2.43. The van der Waals surface area contributed by atoms with Crippen molar-refractivity contribution in [2.75, 3.05) is 0 Å². The lowest BCUT2D eigenvalue weighted by Gasteiger charge is -2.08. The number of ether oxygens (including phenoxy) is 1. The van der Waals surface area contributed by atoms with E-state index in [-0.39, 0.29) is 5.75 Å². The Labute approximate surface area is 109 Å². The molecule has 0 amide bonds. The van der Waals surface area contributed by atoms with Gasteiger partial charge in [-0.25, -0.2) is 0 Å². The summed E-state index contributed by atoms with van der Waals surface area (Å²) in [5, 5.41) is 10.8. The summed E-state index contributed by atoms with van der Waals surface area (Å²) in [6.07, 6.45) is 0. The first-order valence-corrected chi connectivity index (χ1v) is 5.67. The van der Waals surface area contributed by atoms with Gasteiger partial charge in [0.1, 0.15) is 5.75 Å². The normalized spacial score (nSPS) is 10.3. The fraction of sp³-hybridized carbons (Fsp3) is 0.143. The molecule has 0 aromatic heterocycles. The topological polar surface area (TPSA) is 52.4 Å². The third kappa shape index (κ3) is 2.70. The second kappa shape index (κ2) is 5.06. The molecule has 2 aromatic carbocycles. The van der Waals surface area contributed by atoms with E-state index in [1.165, 1.54) is 12.1 Å². The SMILES string of the molecule is Cc1ccc(Oc2cccc(F)c2[N+](=O)[O-])cc1C. The van der Waals surface area contributed by atoms with Crippen molar-refractivity contribution >= 4 is 5.69 Å². The summed E-state index contributed by atoms with van der Waals surface area (Å²) in [4.78, 5) is 10.1. The Balaban J connectivity index is 2.40. The van der Waals surface area contributed by atoms with Crippen LogP contribution in [-0.4, -0.2) is 4.92 Å². The van der Waals surface area contributed by atoms with Gasteiger partial charge in [0, 0.05) is 0 Å². The molecule has 2 aromatic rings. The minimum Gasteiger partial charge on any atom is -0.450 e. The Morgan fingerprint density at radius 2 is 1.89 bits per heavy atom. The zero-order chi connectivity index (χ0) is 14.0. The molecule has 98 valence electrons. The largest absolute Gasteiger partial charge is 0.450 e. The molecule has 0 spiro atoms. The van der Waals surface area contributed by atoms with Gasteiger partial charge in [-0.2, -0.15) is 4.39 Å². The van der Waals surface area contributed by atoms with Gasteiger partial charge in [-0.05, 0) is 49.2 Å². The molecule has 0 saturated carbocycles. The fourth-order valence-corrected chi connectivity index (χ4v) is 1.66. The Morgan fingerprint density at radius 1 is 1.16 bits per heavy atom. The molecule has 5 heteroatoms. The van der Waals surface area contributed by atoms with Gasteiger partial charge in [0.2, 0.25) is 11.6 Å². The van der Waals surface area contributed by atoms with E-state index in [1.54, 1.807) is 12.1 Å². The van der Waals surface area contributed by atoms with Crippen molar-refractivity contribution in [3.63, 3.8) is 0 Å². The maximum Gasteiger partial charge on any atom is 0.346 e. The smallest absolute Gasteiger partial charge is 0.346 e. The Morgan fingerprint density at radius 3 is 2.53 bits per heavy atom. The maximum atomic E-state index is 13.4. The predicted octanol–water partition coefficient (Wildman–Crippen LogP) is 4.14. The van der Waals surface area contributed by atoms with Gasteiger partial charge in [-0.1, -0.05) is 12.1 Å². The van der Waals surface area contributed by atoms with Crippen LogP contribution in [0.5, 0.6) is 11.5 Å².